The minimum absolute atomic E-state index is 0.0128. The summed E-state index contributed by atoms with van der Waals surface area (Å²) < 4.78 is 23.6. The van der Waals surface area contributed by atoms with E-state index in [0.29, 0.717) is 11.5 Å². The Kier molecular flexibility index (Phi) is 6.00. The first-order chi connectivity index (χ1) is 16.9. The molecule has 2 aromatic carbocycles. The summed E-state index contributed by atoms with van der Waals surface area (Å²) in [5, 5.41) is 0. The number of hydrogen-bond donors (Lipinski definition) is 2. The second-order valence-electron chi connectivity index (χ2n) is 8.27. The minimum Gasteiger partial charge on any atom is -0.490 e. The van der Waals surface area contributed by atoms with Crippen molar-refractivity contribution >= 4 is 0 Å². The van der Waals surface area contributed by atoms with Gasteiger partial charge in [0.2, 0.25) is 0 Å². The van der Waals surface area contributed by atoms with Crippen molar-refractivity contribution in [3.63, 3.8) is 0 Å². The lowest BCUT2D eigenvalue weighted by Gasteiger charge is -2.16. The van der Waals surface area contributed by atoms with Crippen LogP contribution in [0.1, 0.15) is 30.4 Å². The van der Waals surface area contributed by atoms with E-state index in [4.69, 9.17) is 18.5 Å². The Hall–Kier alpha value is -4.48. The number of H-pyrrole nitrogens is 2. The van der Waals surface area contributed by atoms with Gasteiger partial charge in [-0.3, -0.25) is 0 Å². The number of hydrogen-bond acceptors (Lipinski definition) is 8. The van der Waals surface area contributed by atoms with Crippen molar-refractivity contribution in [3.05, 3.63) is 102 Å². The van der Waals surface area contributed by atoms with Gasteiger partial charge in [0.15, 0.2) is 0 Å². The van der Waals surface area contributed by atoms with Crippen LogP contribution in [0.4, 0.5) is 0 Å². The summed E-state index contributed by atoms with van der Waals surface area (Å²) in [4.78, 5) is 49.4. The number of rotatable bonds is 8. The van der Waals surface area contributed by atoms with Crippen LogP contribution in [0.25, 0.3) is 0 Å². The Balaban J connectivity index is 1.12. The van der Waals surface area contributed by atoms with Crippen molar-refractivity contribution in [3.8, 4) is 11.5 Å². The number of nitrogens with one attached hydrogen (secondary N) is 2. The first-order valence-electron chi connectivity index (χ1n) is 11.0. The smallest absolute Gasteiger partial charge is 0.440 e. The van der Waals surface area contributed by atoms with E-state index in [-0.39, 0.29) is 25.3 Å². The van der Waals surface area contributed by atoms with Crippen LogP contribution >= 0.6 is 0 Å². The molecular formula is C23H22N4O8. The van der Waals surface area contributed by atoms with Crippen LogP contribution in [0.5, 0.6) is 11.5 Å². The Morgan fingerprint density at radius 2 is 1.09 bits per heavy atom. The maximum Gasteiger partial charge on any atom is 0.440 e. The number of benzene rings is 2. The highest BCUT2D eigenvalue weighted by atomic mass is 16.5. The third kappa shape index (κ3) is 5.37. The number of ether oxygens (including phenoxy) is 2. The molecule has 12 nitrogen and oxygen atoms in total. The highest BCUT2D eigenvalue weighted by molar-refractivity contribution is 5.29. The molecule has 0 spiro atoms. The third-order valence-corrected chi connectivity index (χ3v) is 5.70. The van der Waals surface area contributed by atoms with E-state index in [1.807, 2.05) is 58.5 Å². The second-order valence-corrected chi connectivity index (χ2v) is 8.27. The zero-order valence-corrected chi connectivity index (χ0v) is 18.5. The molecule has 1 aliphatic carbocycles. The first-order valence-corrected chi connectivity index (χ1v) is 11.0. The van der Waals surface area contributed by atoms with Gasteiger partial charge in [-0.1, -0.05) is 24.3 Å². The summed E-state index contributed by atoms with van der Waals surface area (Å²) in [6.07, 6.45) is 2.46. The van der Waals surface area contributed by atoms with E-state index >= 15 is 0 Å². The van der Waals surface area contributed by atoms with Crippen molar-refractivity contribution in [1.82, 2.24) is 19.4 Å². The van der Waals surface area contributed by atoms with Crippen LogP contribution in [0.3, 0.4) is 0 Å². The lowest BCUT2D eigenvalue weighted by atomic mass is 10.2. The average Bonchev–Trinajstić information content (AvgIpc) is 3.49. The van der Waals surface area contributed by atoms with Gasteiger partial charge in [-0.15, -0.1) is 9.48 Å². The predicted molar refractivity (Wildman–Crippen MR) is 121 cm³/mol. The Morgan fingerprint density at radius 3 is 1.43 bits per heavy atom. The van der Waals surface area contributed by atoms with Gasteiger partial charge in [0, 0.05) is 6.42 Å². The standard InChI is InChI=1S/C23H22N4O8/c28-20-24-22(30)34-26(20)12-14-1-5-16(6-2-14)32-18-9-10-19(11-18)33-17-7-3-15(4-8-17)13-27-21(29)25-23(31)35-27/h1-8,18-19H,9-13H2,(H,24,28,30)(H,25,29,31)/t18-,19-/m0/s1. The monoisotopic (exact) mass is 482 g/mol. The van der Waals surface area contributed by atoms with E-state index < -0.39 is 22.9 Å². The van der Waals surface area contributed by atoms with Crippen LogP contribution in [-0.4, -0.2) is 31.7 Å². The molecule has 0 saturated heterocycles. The molecule has 0 radical (unpaired) electrons. The molecule has 35 heavy (non-hydrogen) atoms. The number of nitrogens with zero attached hydrogens (tertiary/aromatic N) is 2. The zero-order chi connectivity index (χ0) is 24.4. The first kappa shape index (κ1) is 22.3. The molecule has 2 aromatic heterocycles. The lowest BCUT2D eigenvalue weighted by Crippen LogP contribution is -2.18. The van der Waals surface area contributed by atoms with Gasteiger partial charge in [-0.25, -0.2) is 29.1 Å². The average molecular weight is 482 g/mol. The maximum atomic E-state index is 11.6. The molecule has 12 heteroatoms. The zero-order valence-electron chi connectivity index (χ0n) is 18.5. The molecule has 0 unspecified atom stereocenters. The number of aromatic nitrogens is 4. The van der Waals surface area contributed by atoms with Gasteiger partial charge in [0.25, 0.3) is 0 Å². The molecule has 0 amide bonds. The lowest BCUT2D eigenvalue weighted by molar-refractivity contribution is 0.166. The Morgan fingerprint density at radius 1 is 0.686 bits per heavy atom. The summed E-state index contributed by atoms with van der Waals surface area (Å²) in [6.45, 7) is 0.290. The van der Waals surface area contributed by atoms with Crippen LogP contribution < -0.4 is 32.4 Å². The molecule has 4 aromatic rings. The van der Waals surface area contributed by atoms with Crippen molar-refractivity contribution in [2.75, 3.05) is 0 Å². The molecule has 1 saturated carbocycles. The maximum absolute atomic E-state index is 11.6. The van der Waals surface area contributed by atoms with Crippen LogP contribution in [0.15, 0.2) is 76.8 Å². The summed E-state index contributed by atoms with van der Waals surface area (Å²) >= 11 is 0. The van der Waals surface area contributed by atoms with Gasteiger partial charge in [-0.2, -0.15) is 0 Å². The Labute approximate surface area is 196 Å². The van der Waals surface area contributed by atoms with Crippen molar-refractivity contribution in [1.29, 1.82) is 0 Å². The topological polar surface area (TPSA) is 154 Å². The normalized spacial score (nSPS) is 17.5. The molecular weight excluding hydrogens is 460 g/mol. The fourth-order valence-electron chi connectivity index (χ4n) is 4.01. The van der Waals surface area contributed by atoms with Crippen molar-refractivity contribution in [2.24, 2.45) is 0 Å². The summed E-state index contributed by atoms with van der Waals surface area (Å²) in [5.74, 6) is -0.156. The van der Waals surface area contributed by atoms with Gasteiger partial charge in [0.1, 0.15) is 23.7 Å². The Bertz CT molecular complexity index is 1400. The number of aromatic amines is 2. The molecule has 1 aliphatic rings. The molecule has 2 heterocycles. The summed E-state index contributed by atoms with van der Waals surface area (Å²) in [5.41, 5.74) is 0.404. The van der Waals surface area contributed by atoms with Gasteiger partial charge < -0.3 is 18.5 Å². The summed E-state index contributed by atoms with van der Waals surface area (Å²) in [6, 6.07) is 14.5. The van der Waals surface area contributed by atoms with E-state index in [0.717, 1.165) is 39.9 Å². The van der Waals surface area contributed by atoms with Gasteiger partial charge in [-0.05, 0) is 48.2 Å². The summed E-state index contributed by atoms with van der Waals surface area (Å²) in [7, 11) is 0. The van der Waals surface area contributed by atoms with E-state index in [1.165, 1.54) is 0 Å². The highest BCUT2D eigenvalue weighted by Crippen LogP contribution is 2.28. The quantitative estimate of drug-likeness (QED) is 0.378. The largest absolute Gasteiger partial charge is 0.490 e. The second kappa shape index (κ2) is 9.41. The van der Waals surface area contributed by atoms with Crippen LogP contribution in [-0.2, 0) is 13.1 Å². The van der Waals surface area contributed by atoms with Gasteiger partial charge >= 0.3 is 22.9 Å². The van der Waals surface area contributed by atoms with Crippen LogP contribution in [0.2, 0.25) is 0 Å². The molecule has 2 N–H and O–H groups in total. The predicted octanol–water partition coefficient (Wildman–Crippen LogP) is 1.05. The van der Waals surface area contributed by atoms with Crippen molar-refractivity contribution < 1.29 is 18.5 Å². The van der Waals surface area contributed by atoms with Crippen molar-refractivity contribution in [2.45, 2.75) is 44.6 Å². The molecule has 1 fully saturated rings. The third-order valence-electron chi connectivity index (χ3n) is 5.70. The van der Waals surface area contributed by atoms with E-state index in [2.05, 4.69) is 0 Å². The van der Waals surface area contributed by atoms with Crippen LogP contribution in [0, 0.1) is 0 Å². The van der Waals surface area contributed by atoms with Gasteiger partial charge in [0.05, 0.1) is 13.1 Å². The molecule has 0 aliphatic heterocycles. The minimum atomic E-state index is -0.785. The fraction of sp³-hybridized carbons (Fsp3) is 0.304. The SMILES string of the molecule is O=c1[nH]c(=O)n(Cc2ccc(O[C@H]3CC[C@H](Oc4ccc(Cn5oc(=O)[nH]c5=O)cc4)C3)cc2)o1. The molecule has 182 valence electrons. The fourth-order valence-corrected chi connectivity index (χ4v) is 4.01. The van der Waals surface area contributed by atoms with E-state index in [9.17, 15) is 19.2 Å². The molecule has 5 rings (SSSR count). The highest BCUT2D eigenvalue weighted by Gasteiger charge is 2.27. The molecule has 2 atom stereocenters. The molecule has 0 bridgehead atoms. The van der Waals surface area contributed by atoms with E-state index in [1.54, 1.807) is 0 Å².